The summed E-state index contributed by atoms with van der Waals surface area (Å²) in [5.41, 5.74) is 1.09. The number of H-pyrrole nitrogens is 1. The molecular formula is C12H11NO3. The second-order valence-corrected chi connectivity index (χ2v) is 3.32. The zero-order valence-corrected chi connectivity index (χ0v) is 8.82. The van der Waals surface area contributed by atoms with Crippen LogP contribution in [0, 0.1) is 0 Å². The molecule has 0 saturated carbocycles. The number of hydrogen-bond acceptors (Lipinski definition) is 3. The van der Waals surface area contributed by atoms with E-state index in [1.807, 2.05) is 24.3 Å². The first-order valence-electron chi connectivity index (χ1n) is 5.01. The Hall–Kier alpha value is -2.10. The van der Waals surface area contributed by atoms with Gasteiger partial charge in [0, 0.05) is 10.9 Å². The average Bonchev–Trinajstić information content (AvgIpc) is 2.71. The van der Waals surface area contributed by atoms with Crippen molar-refractivity contribution < 1.29 is 14.3 Å². The number of hydrogen-bond donors (Lipinski definition) is 1. The Morgan fingerprint density at radius 3 is 2.75 bits per heavy atom. The molecule has 1 heterocycles. The van der Waals surface area contributed by atoms with Gasteiger partial charge in [0.2, 0.25) is 0 Å². The number of rotatable bonds is 3. The van der Waals surface area contributed by atoms with Crippen molar-refractivity contribution in [3.63, 3.8) is 0 Å². The molecule has 4 nitrogen and oxygen atoms in total. The van der Waals surface area contributed by atoms with Gasteiger partial charge >= 0.3 is 5.97 Å². The van der Waals surface area contributed by atoms with Crippen LogP contribution in [0.3, 0.4) is 0 Å². The number of Topliss-reactive ketones (excluding diaryl/α,β-unsaturated/α-hetero) is 1. The second kappa shape index (κ2) is 4.18. The van der Waals surface area contributed by atoms with Gasteiger partial charge in [0.25, 0.3) is 5.78 Å². The summed E-state index contributed by atoms with van der Waals surface area (Å²) in [7, 11) is 0. The van der Waals surface area contributed by atoms with E-state index < -0.39 is 11.8 Å². The van der Waals surface area contributed by atoms with E-state index in [1.165, 1.54) is 0 Å². The highest BCUT2D eigenvalue weighted by atomic mass is 16.5. The van der Waals surface area contributed by atoms with E-state index in [9.17, 15) is 9.59 Å². The average molecular weight is 217 g/mol. The van der Waals surface area contributed by atoms with Gasteiger partial charge in [-0.05, 0) is 19.1 Å². The molecule has 82 valence electrons. The summed E-state index contributed by atoms with van der Waals surface area (Å²) in [5, 5.41) is 0.898. The standard InChI is InChI=1S/C12H11NO3/c1-2-16-12(15)11(14)10-7-8-5-3-4-6-9(8)13-10/h3-7,13H,2H2,1H3. The van der Waals surface area contributed by atoms with Crippen LogP contribution in [0.5, 0.6) is 0 Å². The van der Waals surface area contributed by atoms with E-state index in [0.717, 1.165) is 10.9 Å². The van der Waals surface area contributed by atoms with Gasteiger partial charge < -0.3 is 9.72 Å². The predicted octanol–water partition coefficient (Wildman–Crippen LogP) is 1.91. The summed E-state index contributed by atoms with van der Waals surface area (Å²) in [6.07, 6.45) is 0. The lowest BCUT2D eigenvalue weighted by Gasteiger charge is -1.97. The number of nitrogens with one attached hydrogen (secondary N) is 1. The largest absolute Gasteiger partial charge is 0.460 e. The lowest BCUT2D eigenvalue weighted by molar-refractivity contribution is -0.137. The maximum atomic E-state index is 11.6. The molecule has 0 amide bonds. The topological polar surface area (TPSA) is 59.2 Å². The van der Waals surface area contributed by atoms with Gasteiger partial charge in [-0.1, -0.05) is 18.2 Å². The summed E-state index contributed by atoms with van der Waals surface area (Å²) in [6, 6.07) is 9.09. The van der Waals surface area contributed by atoms with Gasteiger partial charge in [0.15, 0.2) is 0 Å². The van der Waals surface area contributed by atoms with E-state index in [1.54, 1.807) is 13.0 Å². The highest BCUT2D eigenvalue weighted by Crippen LogP contribution is 2.15. The molecule has 0 atom stereocenters. The number of fused-ring (bicyclic) bond motifs is 1. The first kappa shape index (κ1) is 10.4. The summed E-state index contributed by atoms with van der Waals surface area (Å²) in [6.45, 7) is 1.86. The van der Waals surface area contributed by atoms with Crippen LogP contribution in [-0.2, 0) is 9.53 Å². The molecular weight excluding hydrogens is 206 g/mol. The van der Waals surface area contributed by atoms with Crippen LogP contribution in [-0.4, -0.2) is 23.3 Å². The minimum Gasteiger partial charge on any atom is -0.460 e. The molecule has 0 saturated heterocycles. The van der Waals surface area contributed by atoms with Gasteiger partial charge in [-0.15, -0.1) is 0 Å². The molecule has 0 aliphatic rings. The number of esters is 1. The Balaban J connectivity index is 2.33. The maximum Gasteiger partial charge on any atom is 0.381 e. The third-order valence-electron chi connectivity index (χ3n) is 2.24. The first-order valence-corrected chi connectivity index (χ1v) is 5.01. The monoisotopic (exact) mass is 217 g/mol. The van der Waals surface area contributed by atoms with Crippen molar-refractivity contribution in [3.8, 4) is 0 Å². The van der Waals surface area contributed by atoms with Crippen molar-refractivity contribution in [1.82, 2.24) is 4.98 Å². The molecule has 0 aliphatic carbocycles. The summed E-state index contributed by atoms with van der Waals surface area (Å²) >= 11 is 0. The number of ether oxygens (including phenoxy) is 1. The second-order valence-electron chi connectivity index (χ2n) is 3.32. The lowest BCUT2D eigenvalue weighted by atomic mass is 10.2. The summed E-state index contributed by atoms with van der Waals surface area (Å²) in [4.78, 5) is 25.7. The third-order valence-corrected chi connectivity index (χ3v) is 2.24. The minimum absolute atomic E-state index is 0.199. The fourth-order valence-electron chi connectivity index (χ4n) is 1.50. The third kappa shape index (κ3) is 1.82. The molecule has 0 radical (unpaired) electrons. The predicted molar refractivity (Wildman–Crippen MR) is 59.3 cm³/mol. The van der Waals surface area contributed by atoms with Gasteiger partial charge in [-0.3, -0.25) is 4.79 Å². The quantitative estimate of drug-likeness (QED) is 0.485. The molecule has 0 unspecified atom stereocenters. The number of para-hydroxylation sites is 1. The number of aromatic amines is 1. The van der Waals surface area contributed by atoms with Gasteiger partial charge in [0.1, 0.15) is 0 Å². The van der Waals surface area contributed by atoms with Crippen LogP contribution < -0.4 is 0 Å². The molecule has 1 aromatic heterocycles. The number of carbonyl (C=O) groups excluding carboxylic acids is 2. The molecule has 0 fully saturated rings. The Morgan fingerprint density at radius 2 is 2.06 bits per heavy atom. The van der Waals surface area contributed by atoms with E-state index in [-0.39, 0.29) is 12.3 Å². The van der Waals surface area contributed by atoms with Crippen LogP contribution in [0.4, 0.5) is 0 Å². The normalized spacial score (nSPS) is 10.3. The van der Waals surface area contributed by atoms with Crippen molar-refractivity contribution >= 4 is 22.7 Å². The zero-order chi connectivity index (χ0) is 11.5. The highest BCUT2D eigenvalue weighted by Gasteiger charge is 2.19. The Kier molecular flexibility index (Phi) is 2.72. The van der Waals surface area contributed by atoms with E-state index in [0.29, 0.717) is 0 Å². The zero-order valence-electron chi connectivity index (χ0n) is 8.82. The van der Waals surface area contributed by atoms with Crippen LogP contribution in [0.1, 0.15) is 17.4 Å². The number of ketones is 1. The first-order chi connectivity index (χ1) is 7.72. The Labute approximate surface area is 92.2 Å². The lowest BCUT2D eigenvalue weighted by Crippen LogP contribution is -2.17. The van der Waals surface area contributed by atoms with Gasteiger partial charge in [0.05, 0.1) is 12.3 Å². The van der Waals surface area contributed by atoms with Gasteiger partial charge in [-0.25, -0.2) is 4.79 Å². The Morgan fingerprint density at radius 1 is 1.31 bits per heavy atom. The molecule has 1 N–H and O–H groups in total. The minimum atomic E-state index is -0.825. The van der Waals surface area contributed by atoms with Gasteiger partial charge in [-0.2, -0.15) is 0 Å². The van der Waals surface area contributed by atoms with E-state index in [4.69, 9.17) is 0 Å². The maximum absolute atomic E-state index is 11.6. The molecule has 2 rings (SSSR count). The van der Waals surface area contributed by atoms with Crippen molar-refractivity contribution in [2.45, 2.75) is 6.92 Å². The SMILES string of the molecule is CCOC(=O)C(=O)c1cc2ccccc2[nH]1. The van der Waals surface area contributed by atoms with Crippen molar-refractivity contribution in [3.05, 3.63) is 36.0 Å². The summed E-state index contributed by atoms with van der Waals surface area (Å²) in [5.74, 6) is -1.47. The molecule has 0 aliphatic heterocycles. The molecule has 4 heteroatoms. The number of carbonyl (C=O) groups is 2. The Bertz CT molecular complexity index is 509. The molecule has 0 bridgehead atoms. The van der Waals surface area contributed by atoms with Crippen LogP contribution >= 0.6 is 0 Å². The van der Waals surface area contributed by atoms with Crippen molar-refractivity contribution in [1.29, 1.82) is 0 Å². The molecule has 16 heavy (non-hydrogen) atoms. The van der Waals surface area contributed by atoms with Crippen LogP contribution in [0.25, 0.3) is 10.9 Å². The summed E-state index contributed by atoms with van der Waals surface area (Å²) < 4.78 is 4.65. The van der Waals surface area contributed by atoms with E-state index >= 15 is 0 Å². The van der Waals surface area contributed by atoms with Crippen molar-refractivity contribution in [2.24, 2.45) is 0 Å². The fourth-order valence-corrected chi connectivity index (χ4v) is 1.50. The molecule has 2 aromatic rings. The fraction of sp³-hybridized carbons (Fsp3) is 0.167. The number of aromatic nitrogens is 1. The van der Waals surface area contributed by atoms with E-state index in [2.05, 4.69) is 9.72 Å². The van der Waals surface area contributed by atoms with Crippen molar-refractivity contribution in [2.75, 3.05) is 6.61 Å². The van der Waals surface area contributed by atoms with Crippen LogP contribution in [0.2, 0.25) is 0 Å². The molecule has 0 spiro atoms. The number of benzene rings is 1. The smallest absolute Gasteiger partial charge is 0.381 e. The highest BCUT2D eigenvalue weighted by molar-refractivity contribution is 6.40. The molecule has 1 aromatic carbocycles. The van der Waals surface area contributed by atoms with Crippen LogP contribution in [0.15, 0.2) is 30.3 Å².